The zero-order valence-corrected chi connectivity index (χ0v) is 12.0. The number of non-ortho nitro benzene ring substituents is 1. The molecule has 2 aromatic rings. The van der Waals surface area contributed by atoms with Gasteiger partial charge in [-0.3, -0.25) is 10.1 Å². The lowest BCUT2D eigenvalue weighted by atomic mass is 9.77. The molecule has 0 aliphatic heterocycles. The van der Waals surface area contributed by atoms with Gasteiger partial charge in [-0.2, -0.15) is 4.98 Å². The summed E-state index contributed by atoms with van der Waals surface area (Å²) in [6, 6.07) is 6.39. The molecule has 1 saturated carbocycles. The first kappa shape index (κ1) is 15.4. The minimum Gasteiger partial charge on any atom is -0.339 e. The Morgan fingerprint density at radius 3 is 2.81 bits per heavy atom. The first-order valence-corrected chi connectivity index (χ1v) is 6.42. The molecule has 1 aliphatic carbocycles. The highest BCUT2D eigenvalue weighted by Crippen LogP contribution is 2.36. The van der Waals surface area contributed by atoms with Crippen LogP contribution in [0.15, 0.2) is 28.8 Å². The lowest BCUT2D eigenvalue weighted by Gasteiger charge is -2.34. The van der Waals surface area contributed by atoms with Gasteiger partial charge in [-0.15, -0.1) is 12.4 Å². The maximum atomic E-state index is 10.7. The molecule has 21 heavy (non-hydrogen) atoms. The molecule has 1 fully saturated rings. The Hall–Kier alpha value is -1.99. The smallest absolute Gasteiger partial charge is 0.269 e. The van der Waals surface area contributed by atoms with Crippen LogP contribution in [0.4, 0.5) is 5.69 Å². The number of aromatic nitrogens is 2. The molecule has 112 valence electrons. The molecule has 2 N–H and O–H groups in total. The molecule has 0 radical (unpaired) electrons. The molecule has 0 bridgehead atoms. The van der Waals surface area contributed by atoms with E-state index in [2.05, 4.69) is 10.1 Å². The van der Waals surface area contributed by atoms with Gasteiger partial charge in [0.05, 0.1) is 16.9 Å². The Morgan fingerprint density at radius 1 is 1.43 bits per heavy atom. The third-order valence-electron chi connectivity index (χ3n) is 3.64. The first-order valence-electron chi connectivity index (χ1n) is 6.42. The van der Waals surface area contributed by atoms with Crippen molar-refractivity contribution in [2.75, 3.05) is 0 Å². The van der Waals surface area contributed by atoms with Crippen LogP contribution in [0, 0.1) is 10.1 Å². The van der Waals surface area contributed by atoms with Crippen LogP contribution in [0.1, 0.15) is 36.5 Å². The van der Waals surface area contributed by atoms with Gasteiger partial charge in [-0.25, -0.2) is 0 Å². The second kappa shape index (κ2) is 5.79. The van der Waals surface area contributed by atoms with Crippen LogP contribution in [0.25, 0.3) is 0 Å². The van der Waals surface area contributed by atoms with E-state index in [-0.39, 0.29) is 18.1 Å². The van der Waals surface area contributed by atoms with Crippen LogP contribution in [-0.4, -0.2) is 15.1 Å². The zero-order valence-electron chi connectivity index (χ0n) is 11.2. The standard InChI is InChI=1S/C13H14N4O3.ClH/c14-13(5-2-6-13)12-15-11(20-16-12)8-9-3-1-4-10(7-9)17(18)19;/h1,3-4,7H,2,5-6,8,14H2;1H. The highest BCUT2D eigenvalue weighted by atomic mass is 35.5. The van der Waals surface area contributed by atoms with Crippen LogP contribution < -0.4 is 5.73 Å². The minimum absolute atomic E-state index is 0. The molecule has 0 saturated heterocycles. The van der Waals surface area contributed by atoms with E-state index >= 15 is 0 Å². The summed E-state index contributed by atoms with van der Waals surface area (Å²) in [5.74, 6) is 0.960. The zero-order chi connectivity index (χ0) is 14.2. The summed E-state index contributed by atoms with van der Waals surface area (Å²) in [5, 5.41) is 14.6. The SMILES string of the molecule is Cl.NC1(c2noc(Cc3cccc([N+](=O)[O-])c3)n2)CCC1. The highest BCUT2D eigenvalue weighted by molar-refractivity contribution is 5.85. The summed E-state index contributed by atoms with van der Waals surface area (Å²) in [5.41, 5.74) is 6.48. The molecule has 0 atom stereocenters. The van der Waals surface area contributed by atoms with Gasteiger partial charge in [0.15, 0.2) is 5.82 Å². The monoisotopic (exact) mass is 310 g/mol. The Balaban J connectivity index is 0.00000161. The van der Waals surface area contributed by atoms with Crippen LogP contribution in [-0.2, 0) is 12.0 Å². The van der Waals surface area contributed by atoms with Crippen LogP contribution >= 0.6 is 12.4 Å². The third-order valence-corrected chi connectivity index (χ3v) is 3.64. The summed E-state index contributed by atoms with van der Waals surface area (Å²) >= 11 is 0. The van der Waals surface area contributed by atoms with Crippen molar-refractivity contribution in [3.8, 4) is 0 Å². The van der Waals surface area contributed by atoms with Crippen molar-refractivity contribution in [3.63, 3.8) is 0 Å². The number of nitrogens with zero attached hydrogens (tertiary/aromatic N) is 3. The number of nitro groups is 1. The van der Waals surface area contributed by atoms with Crippen molar-refractivity contribution in [3.05, 3.63) is 51.7 Å². The first-order chi connectivity index (χ1) is 9.57. The summed E-state index contributed by atoms with van der Waals surface area (Å²) in [6.45, 7) is 0. The van der Waals surface area contributed by atoms with E-state index in [1.54, 1.807) is 12.1 Å². The average Bonchev–Trinajstić information content (AvgIpc) is 2.85. The van der Waals surface area contributed by atoms with Crippen molar-refractivity contribution < 1.29 is 9.45 Å². The summed E-state index contributed by atoms with van der Waals surface area (Å²) in [4.78, 5) is 14.6. The Bertz CT molecular complexity index is 654. The number of hydrogen-bond acceptors (Lipinski definition) is 6. The van der Waals surface area contributed by atoms with E-state index in [0.717, 1.165) is 24.8 Å². The molecule has 1 aromatic heterocycles. The van der Waals surface area contributed by atoms with E-state index in [1.165, 1.54) is 12.1 Å². The lowest BCUT2D eigenvalue weighted by Crippen LogP contribution is -2.44. The van der Waals surface area contributed by atoms with Crippen molar-refractivity contribution in [1.82, 2.24) is 10.1 Å². The molecule has 0 spiro atoms. The van der Waals surface area contributed by atoms with Gasteiger partial charge >= 0.3 is 0 Å². The highest BCUT2D eigenvalue weighted by Gasteiger charge is 2.38. The van der Waals surface area contributed by atoms with E-state index in [9.17, 15) is 10.1 Å². The summed E-state index contributed by atoms with van der Waals surface area (Å²) < 4.78 is 5.18. The van der Waals surface area contributed by atoms with Gasteiger partial charge in [0.2, 0.25) is 5.89 Å². The van der Waals surface area contributed by atoms with Gasteiger partial charge in [0, 0.05) is 12.1 Å². The molecule has 1 heterocycles. The molecule has 3 rings (SSSR count). The van der Waals surface area contributed by atoms with E-state index in [1.807, 2.05) is 0 Å². The van der Waals surface area contributed by atoms with Gasteiger partial charge in [0.25, 0.3) is 5.69 Å². The van der Waals surface area contributed by atoms with Gasteiger partial charge in [-0.1, -0.05) is 17.3 Å². The molecule has 8 heteroatoms. The molecule has 1 aliphatic rings. The van der Waals surface area contributed by atoms with Gasteiger partial charge in [-0.05, 0) is 24.8 Å². The average molecular weight is 311 g/mol. The third kappa shape index (κ3) is 3.03. The Kier molecular flexibility index (Phi) is 4.24. The van der Waals surface area contributed by atoms with E-state index in [4.69, 9.17) is 10.3 Å². The van der Waals surface area contributed by atoms with Crippen molar-refractivity contribution in [2.24, 2.45) is 5.73 Å². The minimum atomic E-state index is -0.454. The van der Waals surface area contributed by atoms with Crippen LogP contribution in [0.5, 0.6) is 0 Å². The topological polar surface area (TPSA) is 108 Å². The van der Waals surface area contributed by atoms with Gasteiger partial charge < -0.3 is 10.3 Å². The summed E-state index contributed by atoms with van der Waals surface area (Å²) in [6.07, 6.45) is 3.17. The largest absolute Gasteiger partial charge is 0.339 e. The number of hydrogen-bond donors (Lipinski definition) is 1. The fourth-order valence-corrected chi connectivity index (χ4v) is 2.26. The van der Waals surface area contributed by atoms with Crippen molar-refractivity contribution >= 4 is 18.1 Å². The van der Waals surface area contributed by atoms with Crippen molar-refractivity contribution in [1.29, 1.82) is 0 Å². The molecular formula is C13H15ClN4O3. The predicted molar refractivity (Wildman–Crippen MR) is 77.2 cm³/mol. The summed E-state index contributed by atoms with van der Waals surface area (Å²) in [7, 11) is 0. The second-order valence-electron chi connectivity index (χ2n) is 5.13. The lowest BCUT2D eigenvalue weighted by molar-refractivity contribution is -0.384. The Labute approximate surface area is 127 Å². The van der Waals surface area contributed by atoms with Crippen LogP contribution in [0.2, 0.25) is 0 Å². The number of nitrogens with two attached hydrogens (primary N) is 1. The maximum absolute atomic E-state index is 10.7. The molecule has 7 nitrogen and oxygen atoms in total. The Morgan fingerprint density at radius 2 is 2.19 bits per heavy atom. The molecular weight excluding hydrogens is 296 g/mol. The molecule has 0 amide bonds. The maximum Gasteiger partial charge on any atom is 0.269 e. The number of halogens is 1. The molecule has 1 aromatic carbocycles. The number of rotatable bonds is 4. The number of benzene rings is 1. The van der Waals surface area contributed by atoms with Crippen LogP contribution in [0.3, 0.4) is 0 Å². The predicted octanol–water partition coefficient (Wildman–Crippen LogP) is 2.33. The normalized spacial score (nSPS) is 15.9. The van der Waals surface area contributed by atoms with Crippen molar-refractivity contribution in [2.45, 2.75) is 31.2 Å². The second-order valence-corrected chi connectivity index (χ2v) is 5.13. The quantitative estimate of drug-likeness (QED) is 0.685. The fraction of sp³-hybridized carbons (Fsp3) is 0.385. The van der Waals surface area contributed by atoms with Gasteiger partial charge in [0.1, 0.15) is 0 Å². The van der Waals surface area contributed by atoms with E-state index < -0.39 is 10.5 Å². The van der Waals surface area contributed by atoms with E-state index in [0.29, 0.717) is 18.1 Å². The fourth-order valence-electron chi connectivity index (χ4n) is 2.26. The molecule has 0 unspecified atom stereocenters. The number of nitro benzene ring substituents is 1.